The van der Waals surface area contributed by atoms with Crippen LogP contribution in [0.5, 0.6) is 11.5 Å². The largest absolute Gasteiger partial charge is 0.494 e. The van der Waals surface area contributed by atoms with E-state index < -0.39 is 0 Å². The lowest BCUT2D eigenvalue weighted by Gasteiger charge is -2.05. The summed E-state index contributed by atoms with van der Waals surface area (Å²) in [6.45, 7) is 6.12. The van der Waals surface area contributed by atoms with Crippen molar-refractivity contribution in [3.63, 3.8) is 0 Å². The molecule has 0 fully saturated rings. The molecule has 65 valence electrons. The van der Waals surface area contributed by atoms with E-state index in [1.165, 1.54) is 0 Å². The fourth-order valence-corrected chi connectivity index (χ4v) is 0.940. The van der Waals surface area contributed by atoms with Crippen LogP contribution in [-0.2, 0) is 0 Å². The maximum Gasteiger partial charge on any atom is 0.132 e. The van der Waals surface area contributed by atoms with Gasteiger partial charge >= 0.3 is 0 Å². The summed E-state index contributed by atoms with van der Waals surface area (Å²) < 4.78 is 10.5. The topological polar surface area (TPSA) is 18.5 Å². The zero-order valence-electron chi connectivity index (χ0n) is 7.41. The maximum atomic E-state index is 5.30. The molecule has 0 spiro atoms. The monoisotopic (exact) mass is 165 g/mol. The SMILES string of the molecule is C[CH]Oc1cccc(OCC)c1. The molecule has 0 atom stereocenters. The summed E-state index contributed by atoms with van der Waals surface area (Å²) >= 11 is 0. The molecule has 1 radical (unpaired) electrons. The van der Waals surface area contributed by atoms with E-state index in [0.29, 0.717) is 6.61 Å². The number of benzene rings is 1. The lowest BCUT2D eigenvalue weighted by molar-refractivity contribution is 0.336. The first-order chi connectivity index (χ1) is 5.86. The average molecular weight is 165 g/mol. The summed E-state index contributed by atoms with van der Waals surface area (Å²) in [5, 5.41) is 0. The summed E-state index contributed by atoms with van der Waals surface area (Å²) in [6, 6.07) is 7.57. The molecule has 0 aliphatic carbocycles. The van der Waals surface area contributed by atoms with Gasteiger partial charge in [-0.3, -0.25) is 0 Å². The van der Waals surface area contributed by atoms with E-state index in [9.17, 15) is 0 Å². The second kappa shape index (κ2) is 4.65. The first-order valence-corrected chi connectivity index (χ1v) is 4.04. The Morgan fingerprint density at radius 2 is 2.08 bits per heavy atom. The quantitative estimate of drug-likeness (QED) is 0.682. The van der Waals surface area contributed by atoms with Gasteiger partial charge in [0, 0.05) is 6.07 Å². The molecule has 2 nitrogen and oxygen atoms in total. The highest BCUT2D eigenvalue weighted by atomic mass is 16.5. The molecule has 0 saturated carbocycles. The molecular formula is C10H13O2. The van der Waals surface area contributed by atoms with Crippen molar-refractivity contribution in [2.45, 2.75) is 13.8 Å². The normalized spacial score (nSPS) is 9.50. The summed E-state index contributed by atoms with van der Waals surface area (Å²) in [5.41, 5.74) is 0. The van der Waals surface area contributed by atoms with Gasteiger partial charge in [-0.25, -0.2) is 0 Å². The summed E-state index contributed by atoms with van der Waals surface area (Å²) in [5.74, 6) is 1.65. The predicted molar refractivity (Wildman–Crippen MR) is 48.2 cm³/mol. The molecule has 0 aromatic heterocycles. The number of hydrogen-bond donors (Lipinski definition) is 0. The predicted octanol–water partition coefficient (Wildman–Crippen LogP) is 2.65. The van der Waals surface area contributed by atoms with Crippen molar-refractivity contribution in [2.24, 2.45) is 0 Å². The van der Waals surface area contributed by atoms with E-state index in [1.54, 1.807) is 6.61 Å². The lowest BCUT2D eigenvalue weighted by Crippen LogP contribution is -1.92. The smallest absolute Gasteiger partial charge is 0.132 e. The maximum absolute atomic E-state index is 5.30. The Kier molecular flexibility index (Phi) is 3.45. The zero-order chi connectivity index (χ0) is 8.81. The molecule has 0 heterocycles. The minimum absolute atomic E-state index is 0.680. The highest BCUT2D eigenvalue weighted by Gasteiger charge is 1.94. The van der Waals surface area contributed by atoms with Gasteiger partial charge in [0.05, 0.1) is 6.61 Å². The van der Waals surface area contributed by atoms with E-state index in [1.807, 2.05) is 38.1 Å². The number of rotatable bonds is 4. The van der Waals surface area contributed by atoms with E-state index in [4.69, 9.17) is 9.47 Å². The third kappa shape index (κ3) is 2.46. The third-order valence-corrected chi connectivity index (χ3v) is 1.37. The Bertz CT molecular complexity index is 212. The lowest BCUT2D eigenvalue weighted by atomic mass is 10.3. The number of ether oxygens (including phenoxy) is 2. The Labute approximate surface area is 73.1 Å². The first kappa shape index (κ1) is 8.91. The second-order valence-corrected chi connectivity index (χ2v) is 2.26. The van der Waals surface area contributed by atoms with Gasteiger partial charge in [0.15, 0.2) is 0 Å². The van der Waals surface area contributed by atoms with Crippen LogP contribution in [0.4, 0.5) is 0 Å². The molecule has 0 N–H and O–H groups in total. The van der Waals surface area contributed by atoms with E-state index in [-0.39, 0.29) is 0 Å². The van der Waals surface area contributed by atoms with Crippen molar-refractivity contribution in [3.8, 4) is 11.5 Å². The molecule has 0 bridgehead atoms. The number of hydrogen-bond acceptors (Lipinski definition) is 2. The highest BCUT2D eigenvalue weighted by Crippen LogP contribution is 2.19. The van der Waals surface area contributed by atoms with Crippen molar-refractivity contribution in [1.29, 1.82) is 0 Å². The van der Waals surface area contributed by atoms with Crippen LogP contribution in [0, 0.1) is 6.61 Å². The summed E-state index contributed by atoms with van der Waals surface area (Å²) in [4.78, 5) is 0. The van der Waals surface area contributed by atoms with Crippen LogP contribution < -0.4 is 9.47 Å². The highest BCUT2D eigenvalue weighted by molar-refractivity contribution is 5.33. The Hall–Kier alpha value is -1.18. The van der Waals surface area contributed by atoms with Crippen LogP contribution in [0.3, 0.4) is 0 Å². The Morgan fingerprint density at radius 3 is 2.75 bits per heavy atom. The fourth-order valence-electron chi connectivity index (χ4n) is 0.940. The van der Waals surface area contributed by atoms with E-state index in [2.05, 4.69) is 0 Å². The Morgan fingerprint density at radius 1 is 1.33 bits per heavy atom. The molecule has 0 aliphatic heterocycles. The Balaban J connectivity index is 2.67. The van der Waals surface area contributed by atoms with Crippen LogP contribution in [0.1, 0.15) is 13.8 Å². The van der Waals surface area contributed by atoms with Gasteiger partial charge in [-0.2, -0.15) is 0 Å². The van der Waals surface area contributed by atoms with Crippen molar-refractivity contribution >= 4 is 0 Å². The fraction of sp³-hybridized carbons (Fsp3) is 0.300. The minimum Gasteiger partial charge on any atom is -0.494 e. The van der Waals surface area contributed by atoms with Gasteiger partial charge in [-0.05, 0) is 26.0 Å². The van der Waals surface area contributed by atoms with Crippen LogP contribution >= 0.6 is 0 Å². The first-order valence-electron chi connectivity index (χ1n) is 4.04. The van der Waals surface area contributed by atoms with Gasteiger partial charge in [0.25, 0.3) is 0 Å². The third-order valence-electron chi connectivity index (χ3n) is 1.37. The van der Waals surface area contributed by atoms with Gasteiger partial charge in [-0.15, -0.1) is 0 Å². The van der Waals surface area contributed by atoms with E-state index >= 15 is 0 Å². The van der Waals surface area contributed by atoms with Crippen molar-refractivity contribution in [2.75, 3.05) is 6.61 Å². The molecular weight excluding hydrogens is 152 g/mol. The average Bonchev–Trinajstić information content (AvgIpc) is 2.06. The van der Waals surface area contributed by atoms with E-state index in [0.717, 1.165) is 11.5 Å². The van der Waals surface area contributed by atoms with Gasteiger partial charge in [-0.1, -0.05) is 6.07 Å². The standard InChI is InChI=1S/C10H13O2/c1-3-11-9-6-5-7-10(8-9)12-4-2/h3,5-8H,4H2,1-2H3. The molecule has 0 saturated heterocycles. The van der Waals surface area contributed by atoms with Crippen molar-refractivity contribution in [1.82, 2.24) is 0 Å². The van der Waals surface area contributed by atoms with Crippen LogP contribution in [0.25, 0.3) is 0 Å². The summed E-state index contributed by atoms with van der Waals surface area (Å²) in [7, 11) is 0. The van der Waals surface area contributed by atoms with Gasteiger partial charge in [0.1, 0.15) is 18.1 Å². The van der Waals surface area contributed by atoms with Crippen molar-refractivity contribution < 1.29 is 9.47 Å². The minimum atomic E-state index is 0.680. The van der Waals surface area contributed by atoms with Gasteiger partial charge in [0.2, 0.25) is 0 Å². The molecule has 1 aromatic rings. The second-order valence-electron chi connectivity index (χ2n) is 2.26. The van der Waals surface area contributed by atoms with Crippen LogP contribution in [0.2, 0.25) is 0 Å². The van der Waals surface area contributed by atoms with Crippen LogP contribution in [0.15, 0.2) is 24.3 Å². The molecule has 0 amide bonds. The summed E-state index contributed by atoms with van der Waals surface area (Å²) in [6.07, 6.45) is 0. The molecule has 1 rings (SSSR count). The molecule has 1 aromatic carbocycles. The van der Waals surface area contributed by atoms with Gasteiger partial charge < -0.3 is 9.47 Å². The molecule has 0 aliphatic rings. The molecule has 12 heavy (non-hydrogen) atoms. The molecule has 2 heteroatoms. The van der Waals surface area contributed by atoms with Crippen molar-refractivity contribution in [3.05, 3.63) is 30.9 Å². The molecule has 0 unspecified atom stereocenters. The van der Waals surface area contributed by atoms with Crippen LogP contribution in [-0.4, -0.2) is 6.61 Å². The zero-order valence-corrected chi connectivity index (χ0v) is 7.41.